The largest absolute Gasteiger partial charge is 0.404 e. The smallest absolute Gasteiger partial charge is 0.195 e. The van der Waals surface area contributed by atoms with Gasteiger partial charge in [0.15, 0.2) is 5.78 Å². The maximum absolute atomic E-state index is 13.1. The fraction of sp³-hybridized carbons (Fsp3) is 0.364. The third-order valence-electron chi connectivity index (χ3n) is 1.90. The van der Waals surface area contributed by atoms with Gasteiger partial charge in [-0.1, -0.05) is 6.08 Å². The van der Waals surface area contributed by atoms with Crippen LogP contribution in [0.2, 0.25) is 0 Å². The van der Waals surface area contributed by atoms with Crippen LogP contribution in [-0.4, -0.2) is 11.8 Å². The lowest BCUT2D eigenvalue weighted by molar-refractivity contribution is -0.112. The van der Waals surface area contributed by atoms with Gasteiger partial charge in [-0.05, 0) is 20.3 Å². The van der Waals surface area contributed by atoms with Crippen molar-refractivity contribution in [2.24, 2.45) is 11.5 Å². The van der Waals surface area contributed by atoms with Gasteiger partial charge in [-0.25, -0.2) is 8.78 Å². The van der Waals surface area contributed by atoms with Crippen molar-refractivity contribution in [2.75, 3.05) is 0 Å². The van der Waals surface area contributed by atoms with Crippen LogP contribution in [-0.2, 0) is 4.79 Å². The van der Waals surface area contributed by atoms with Crippen molar-refractivity contribution in [3.8, 4) is 0 Å². The molecule has 3 nitrogen and oxygen atoms in total. The van der Waals surface area contributed by atoms with Gasteiger partial charge in [0.1, 0.15) is 12.2 Å². The van der Waals surface area contributed by atoms with E-state index < -0.39 is 17.2 Å². The van der Waals surface area contributed by atoms with Gasteiger partial charge in [-0.15, -0.1) is 0 Å². The second-order valence-corrected chi connectivity index (χ2v) is 3.36. The minimum absolute atomic E-state index is 0.0671. The number of hydrogen-bond donors (Lipinski definition) is 2. The first kappa shape index (κ1) is 14.5. The molecule has 90 valence electrons. The van der Waals surface area contributed by atoms with E-state index in [0.717, 1.165) is 12.3 Å². The third kappa shape index (κ3) is 3.94. The van der Waals surface area contributed by atoms with E-state index in [1.807, 2.05) is 0 Å². The monoisotopic (exact) mass is 230 g/mol. The van der Waals surface area contributed by atoms with Crippen LogP contribution < -0.4 is 11.5 Å². The number of hydrogen-bond acceptors (Lipinski definition) is 3. The van der Waals surface area contributed by atoms with Gasteiger partial charge in [-0.3, -0.25) is 4.79 Å². The highest BCUT2D eigenvalue weighted by atomic mass is 19.1. The number of Topliss-reactive ketones (excluding diaryl/α,β-unsaturated/α-hetero) is 1. The number of halogens is 2. The van der Waals surface area contributed by atoms with Gasteiger partial charge in [-0.2, -0.15) is 0 Å². The molecule has 0 heterocycles. The number of carbonyl (C=O) groups excluding carboxylic acids is 1. The summed E-state index contributed by atoms with van der Waals surface area (Å²) < 4.78 is 25.5. The van der Waals surface area contributed by atoms with Gasteiger partial charge in [0.2, 0.25) is 0 Å². The zero-order valence-corrected chi connectivity index (χ0v) is 9.34. The summed E-state index contributed by atoms with van der Waals surface area (Å²) in [6.45, 7) is 3.03. The Labute approximate surface area is 93.5 Å². The Morgan fingerprint density at radius 2 is 2.06 bits per heavy atom. The SMILES string of the molecule is C/C=C(F)\C(=C\F)C(=O)/C(=C/N)CC(C)N. The zero-order chi connectivity index (χ0) is 12.7. The molecule has 0 aliphatic heterocycles. The Morgan fingerprint density at radius 1 is 1.50 bits per heavy atom. The summed E-state index contributed by atoms with van der Waals surface area (Å²) in [5.74, 6) is -1.70. The average Bonchev–Trinajstić information content (AvgIpc) is 2.25. The molecule has 0 bridgehead atoms. The molecular weight excluding hydrogens is 214 g/mol. The molecule has 0 rings (SSSR count). The summed E-state index contributed by atoms with van der Waals surface area (Å²) >= 11 is 0. The highest BCUT2D eigenvalue weighted by Gasteiger charge is 2.19. The number of rotatable bonds is 5. The molecule has 4 N–H and O–H groups in total. The number of nitrogens with two attached hydrogens (primary N) is 2. The number of ketones is 1. The van der Waals surface area contributed by atoms with Gasteiger partial charge in [0, 0.05) is 17.8 Å². The van der Waals surface area contributed by atoms with E-state index in [9.17, 15) is 13.6 Å². The second kappa shape index (κ2) is 6.90. The van der Waals surface area contributed by atoms with E-state index in [-0.39, 0.29) is 24.4 Å². The third-order valence-corrected chi connectivity index (χ3v) is 1.90. The van der Waals surface area contributed by atoms with Crippen molar-refractivity contribution in [1.29, 1.82) is 0 Å². The van der Waals surface area contributed by atoms with Crippen LogP contribution in [0.4, 0.5) is 8.78 Å². The molecule has 5 heteroatoms. The van der Waals surface area contributed by atoms with E-state index in [1.54, 1.807) is 6.92 Å². The maximum Gasteiger partial charge on any atom is 0.195 e. The van der Waals surface area contributed by atoms with Crippen LogP contribution in [0.3, 0.4) is 0 Å². The minimum atomic E-state index is -0.920. The molecule has 16 heavy (non-hydrogen) atoms. The van der Waals surface area contributed by atoms with E-state index in [0.29, 0.717) is 0 Å². The standard InChI is InChI=1S/C11H16F2N2O/c1-3-10(13)9(5-12)11(16)8(6-14)4-7(2)15/h3,5-7H,4,14-15H2,1-2H3/b8-6+,9-5-,10-3+. The van der Waals surface area contributed by atoms with Crippen molar-refractivity contribution >= 4 is 5.78 Å². The molecule has 0 amide bonds. The molecule has 0 aromatic carbocycles. The predicted molar refractivity (Wildman–Crippen MR) is 59.6 cm³/mol. The molecule has 0 fully saturated rings. The van der Waals surface area contributed by atoms with E-state index in [4.69, 9.17) is 11.5 Å². The summed E-state index contributed by atoms with van der Waals surface area (Å²) in [7, 11) is 0. The van der Waals surface area contributed by atoms with Gasteiger partial charge < -0.3 is 11.5 Å². The highest BCUT2D eigenvalue weighted by molar-refractivity contribution is 6.10. The summed E-state index contributed by atoms with van der Waals surface area (Å²) in [5.41, 5.74) is 10.2. The Balaban J connectivity index is 5.03. The first-order valence-electron chi connectivity index (χ1n) is 4.81. The molecule has 0 spiro atoms. The molecule has 0 saturated carbocycles. The lowest BCUT2D eigenvalue weighted by Gasteiger charge is -2.09. The number of allylic oxidation sites excluding steroid dienone is 3. The molecular formula is C11H16F2N2O. The van der Waals surface area contributed by atoms with Crippen LogP contribution >= 0.6 is 0 Å². The van der Waals surface area contributed by atoms with Crippen molar-refractivity contribution in [3.63, 3.8) is 0 Å². The summed E-state index contributed by atoms with van der Waals surface area (Å²) in [4.78, 5) is 11.6. The topological polar surface area (TPSA) is 69.1 Å². The first-order valence-corrected chi connectivity index (χ1v) is 4.81. The van der Waals surface area contributed by atoms with Crippen molar-refractivity contribution < 1.29 is 13.6 Å². The minimum Gasteiger partial charge on any atom is -0.404 e. The quantitative estimate of drug-likeness (QED) is 0.559. The average molecular weight is 230 g/mol. The summed E-state index contributed by atoms with van der Waals surface area (Å²) in [5, 5.41) is 0. The van der Waals surface area contributed by atoms with Crippen LogP contribution in [0.1, 0.15) is 20.3 Å². The van der Waals surface area contributed by atoms with Gasteiger partial charge in [0.05, 0.1) is 5.57 Å². The lowest BCUT2D eigenvalue weighted by Crippen LogP contribution is -2.20. The van der Waals surface area contributed by atoms with Gasteiger partial charge >= 0.3 is 0 Å². The first-order chi connectivity index (χ1) is 7.47. The molecule has 0 radical (unpaired) electrons. The molecule has 0 aromatic heterocycles. The lowest BCUT2D eigenvalue weighted by atomic mass is 9.99. The van der Waals surface area contributed by atoms with Crippen molar-refractivity contribution in [2.45, 2.75) is 26.3 Å². The Morgan fingerprint density at radius 3 is 2.38 bits per heavy atom. The number of carbonyl (C=O) groups is 1. The predicted octanol–water partition coefficient (Wildman–Crippen LogP) is 1.86. The molecule has 0 aliphatic carbocycles. The second-order valence-electron chi connectivity index (χ2n) is 3.36. The summed E-state index contributed by atoms with van der Waals surface area (Å²) in [6.07, 6.45) is 2.13. The fourth-order valence-electron chi connectivity index (χ4n) is 1.12. The normalized spacial score (nSPS) is 16.2. The molecule has 1 atom stereocenters. The van der Waals surface area contributed by atoms with E-state index in [1.165, 1.54) is 6.92 Å². The van der Waals surface area contributed by atoms with Crippen molar-refractivity contribution in [3.05, 3.63) is 35.6 Å². The molecule has 0 saturated heterocycles. The molecule has 0 aliphatic rings. The molecule has 0 aromatic rings. The summed E-state index contributed by atoms with van der Waals surface area (Å²) in [6, 6.07) is -0.312. The van der Waals surface area contributed by atoms with Crippen molar-refractivity contribution in [1.82, 2.24) is 0 Å². The van der Waals surface area contributed by atoms with Gasteiger partial charge in [0.25, 0.3) is 0 Å². The molecule has 1 unspecified atom stereocenters. The zero-order valence-electron chi connectivity index (χ0n) is 9.34. The van der Waals surface area contributed by atoms with E-state index >= 15 is 0 Å². The Bertz CT molecular complexity index is 344. The Hall–Kier alpha value is -1.49. The fourth-order valence-corrected chi connectivity index (χ4v) is 1.12. The van der Waals surface area contributed by atoms with Crippen LogP contribution in [0.5, 0.6) is 0 Å². The van der Waals surface area contributed by atoms with E-state index in [2.05, 4.69) is 0 Å². The van der Waals surface area contributed by atoms with Crippen LogP contribution in [0.15, 0.2) is 35.6 Å². The van der Waals surface area contributed by atoms with Crippen LogP contribution in [0.25, 0.3) is 0 Å². The highest BCUT2D eigenvalue weighted by Crippen LogP contribution is 2.19. The Kier molecular flexibility index (Phi) is 6.25. The maximum atomic E-state index is 13.1. The van der Waals surface area contributed by atoms with Crippen LogP contribution in [0, 0.1) is 0 Å².